The molecule has 12 heteroatoms. The van der Waals surface area contributed by atoms with E-state index in [0.717, 1.165) is 5.56 Å². The number of rotatable bonds is 7. The quantitative estimate of drug-likeness (QED) is 0.367. The average Bonchev–Trinajstić information content (AvgIpc) is 3.16. The largest absolute Gasteiger partial charge is 0.492 e. The van der Waals surface area contributed by atoms with Gasteiger partial charge in [-0.2, -0.15) is 0 Å². The minimum atomic E-state index is -1.70. The van der Waals surface area contributed by atoms with Crippen molar-refractivity contribution >= 4 is 17.7 Å². The van der Waals surface area contributed by atoms with Gasteiger partial charge in [-0.15, -0.1) is 11.8 Å². The smallest absolute Gasteiger partial charge is 0.229 e. The van der Waals surface area contributed by atoms with Gasteiger partial charge in [0.1, 0.15) is 31.1 Å². The van der Waals surface area contributed by atoms with E-state index in [-0.39, 0.29) is 28.6 Å². The number of ether oxygens (including phenoxy) is 4. The number of aliphatic hydroxyl groups excluding tert-OH is 3. The molecular weight excluding hydrogens is 533 g/mol. The van der Waals surface area contributed by atoms with E-state index in [1.807, 2.05) is 6.07 Å². The Kier molecular flexibility index (Phi) is 9.02. The molecule has 6 atom stereocenters. The minimum Gasteiger partial charge on any atom is -0.492 e. The van der Waals surface area contributed by atoms with E-state index in [9.17, 15) is 29.3 Å². The standard InChI is InChI=1S/C27H32FNO9S/c1-12(30)29-16-7-5-13-9-18(37-27-24(34)23(33)22(32)19(11-28)38-27)25(35-2)26(36-3)21(13)14-6-8-20(39-4)17(31)10-15(14)16/h6,8-10,16,19,22-24,27,32-34H,5,7,11H2,1-4H3,(H,29,30)/t16-,19+,22+,23-,24+,27+/m0/s1. The van der Waals surface area contributed by atoms with E-state index in [1.165, 1.54) is 39.0 Å². The first kappa shape index (κ1) is 29.1. The van der Waals surface area contributed by atoms with Crippen LogP contribution in [-0.2, 0) is 16.0 Å². The summed E-state index contributed by atoms with van der Waals surface area (Å²) >= 11 is 1.31. The van der Waals surface area contributed by atoms with Crippen LogP contribution in [0.2, 0.25) is 0 Å². The minimum absolute atomic E-state index is 0.0903. The highest BCUT2D eigenvalue weighted by Gasteiger charge is 2.45. The van der Waals surface area contributed by atoms with Gasteiger partial charge in [0.25, 0.3) is 0 Å². The number of halogens is 1. The number of aryl methyl sites for hydroxylation is 1. The van der Waals surface area contributed by atoms with E-state index in [2.05, 4.69) is 5.32 Å². The molecule has 39 heavy (non-hydrogen) atoms. The predicted octanol–water partition coefficient (Wildman–Crippen LogP) is 1.73. The molecule has 2 aromatic carbocycles. The summed E-state index contributed by atoms with van der Waals surface area (Å²) < 4.78 is 36.2. The van der Waals surface area contributed by atoms with Gasteiger partial charge in [-0.3, -0.25) is 9.59 Å². The Morgan fingerprint density at radius 2 is 1.85 bits per heavy atom. The molecule has 4 rings (SSSR count). The summed E-state index contributed by atoms with van der Waals surface area (Å²) in [5, 5.41) is 33.6. The SMILES string of the molecule is COc1c(O[C@@H]2O[C@H](CF)[C@@H](O)[C@H](O)[C@H]2O)cc2c(c1OC)-c1ccc(SC)c(=O)cc1[C@@H](NC(C)=O)CC2. The fraction of sp³-hybridized carbons (Fsp3) is 0.481. The van der Waals surface area contributed by atoms with E-state index < -0.39 is 43.4 Å². The summed E-state index contributed by atoms with van der Waals surface area (Å²) in [5.41, 5.74) is 2.46. The number of fused-ring (bicyclic) bond motifs is 3. The van der Waals surface area contributed by atoms with Gasteiger partial charge in [0.05, 0.1) is 25.2 Å². The number of hydrogen-bond acceptors (Lipinski definition) is 10. The molecule has 1 amide bonds. The molecule has 4 N–H and O–H groups in total. The third-order valence-corrected chi connectivity index (χ3v) is 7.72. The third-order valence-electron chi connectivity index (χ3n) is 6.94. The molecule has 0 spiro atoms. The molecule has 0 bridgehead atoms. The molecule has 0 aromatic heterocycles. The van der Waals surface area contributed by atoms with Gasteiger partial charge in [0.2, 0.25) is 17.9 Å². The van der Waals surface area contributed by atoms with Crippen LogP contribution in [0.15, 0.2) is 34.0 Å². The molecule has 1 heterocycles. The number of carbonyl (C=O) groups excluding carboxylic acids is 1. The Morgan fingerprint density at radius 1 is 1.13 bits per heavy atom. The van der Waals surface area contributed by atoms with Crippen molar-refractivity contribution < 1.29 is 43.5 Å². The number of thioether (sulfide) groups is 1. The lowest BCUT2D eigenvalue weighted by molar-refractivity contribution is -0.274. The first-order chi connectivity index (χ1) is 18.6. The Labute approximate surface area is 229 Å². The molecule has 1 aliphatic heterocycles. The van der Waals surface area contributed by atoms with Gasteiger partial charge in [0.15, 0.2) is 16.9 Å². The molecule has 2 aliphatic rings. The van der Waals surface area contributed by atoms with E-state index >= 15 is 0 Å². The summed E-state index contributed by atoms with van der Waals surface area (Å²) in [4.78, 5) is 25.5. The highest BCUT2D eigenvalue weighted by Crippen LogP contribution is 2.50. The Hall–Kier alpha value is -2.90. The maximum atomic E-state index is 13.4. The second-order valence-electron chi connectivity index (χ2n) is 9.33. The first-order valence-electron chi connectivity index (χ1n) is 12.3. The van der Waals surface area contributed by atoms with Gasteiger partial charge in [-0.25, -0.2) is 4.39 Å². The Balaban J connectivity index is 1.89. The molecular formula is C27H32FNO9S. The van der Waals surface area contributed by atoms with Gasteiger partial charge >= 0.3 is 0 Å². The van der Waals surface area contributed by atoms with Gasteiger partial charge < -0.3 is 39.6 Å². The van der Waals surface area contributed by atoms with Gasteiger partial charge in [-0.05, 0) is 54.0 Å². The highest BCUT2D eigenvalue weighted by molar-refractivity contribution is 7.98. The van der Waals surface area contributed by atoms with Gasteiger partial charge in [0, 0.05) is 12.5 Å². The molecule has 2 aromatic rings. The molecule has 0 saturated carbocycles. The monoisotopic (exact) mass is 565 g/mol. The normalized spacial score (nSPS) is 26.1. The van der Waals surface area contributed by atoms with Crippen LogP contribution in [0.25, 0.3) is 11.1 Å². The van der Waals surface area contributed by atoms with Crippen molar-refractivity contribution in [1.82, 2.24) is 5.32 Å². The summed E-state index contributed by atoms with van der Waals surface area (Å²) in [6, 6.07) is 6.25. The van der Waals surface area contributed by atoms with Crippen LogP contribution in [-0.4, -0.2) is 79.1 Å². The van der Waals surface area contributed by atoms with Crippen molar-refractivity contribution in [3.8, 4) is 28.4 Å². The zero-order valence-electron chi connectivity index (χ0n) is 22.0. The lowest BCUT2D eigenvalue weighted by atomic mass is 9.95. The van der Waals surface area contributed by atoms with E-state index in [0.29, 0.717) is 34.4 Å². The van der Waals surface area contributed by atoms with Crippen molar-refractivity contribution in [3.63, 3.8) is 0 Å². The lowest BCUT2D eigenvalue weighted by Gasteiger charge is -2.39. The fourth-order valence-corrected chi connectivity index (χ4v) is 5.53. The second-order valence-corrected chi connectivity index (χ2v) is 10.2. The molecule has 0 unspecified atom stereocenters. The molecule has 1 fully saturated rings. The van der Waals surface area contributed by atoms with Crippen LogP contribution >= 0.6 is 11.8 Å². The van der Waals surface area contributed by atoms with Crippen LogP contribution in [0, 0.1) is 0 Å². The Morgan fingerprint density at radius 3 is 2.46 bits per heavy atom. The van der Waals surface area contributed by atoms with Crippen LogP contribution < -0.4 is 25.0 Å². The van der Waals surface area contributed by atoms with E-state index in [4.69, 9.17) is 18.9 Å². The zero-order chi connectivity index (χ0) is 28.4. The average molecular weight is 566 g/mol. The number of carbonyl (C=O) groups is 1. The molecule has 1 aliphatic carbocycles. The molecule has 212 valence electrons. The van der Waals surface area contributed by atoms with Crippen molar-refractivity contribution in [3.05, 3.63) is 45.6 Å². The molecule has 1 saturated heterocycles. The van der Waals surface area contributed by atoms with Crippen molar-refractivity contribution in [2.45, 2.75) is 61.4 Å². The van der Waals surface area contributed by atoms with Crippen LogP contribution in [0.4, 0.5) is 4.39 Å². The van der Waals surface area contributed by atoms with Crippen LogP contribution in [0.5, 0.6) is 17.2 Å². The lowest BCUT2D eigenvalue weighted by Crippen LogP contribution is -2.59. The third kappa shape index (κ3) is 5.57. The zero-order valence-corrected chi connectivity index (χ0v) is 22.8. The van der Waals surface area contributed by atoms with Gasteiger partial charge in [-0.1, -0.05) is 6.07 Å². The fourth-order valence-electron chi connectivity index (χ4n) is 5.06. The number of nitrogens with one attached hydrogen (secondary N) is 1. The highest BCUT2D eigenvalue weighted by atomic mass is 32.2. The second kappa shape index (κ2) is 12.1. The predicted molar refractivity (Wildman–Crippen MR) is 141 cm³/mol. The maximum Gasteiger partial charge on any atom is 0.229 e. The summed E-state index contributed by atoms with van der Waals surface area (Å²) in [6.45, 7) is 0.306. The summed E-state index contributed by atoms with van der Waals surface area (Å²) in [6.07, 6.45) is -5.24. The maximum absolute atomic E-state index is 13.4. The number of alkyl halides is 1. The first-order valence-corrected chi connectivity index (χ1v) is 13.6. The number of hydrogen-bond donors (Lipinski definition) is 4. The number of amides is 1. The van der Waals surface area contributed by atoms with E-state index in [1.54, 1.807) is 18.4 Å². The number of aliphatic hydroxyl groups is 3. The summed E-state index contributed by atoms with van der Waals surface area (Å²) in [7, 11) is 2.83. The van der Waals surface area contributed by atoms with Crippen LogP contribution in [0.3, 0.4) is 0 Å². The van der Waals surface area contributed by atoms with Crippen LogP contribution in [0.1, 0.15) is 30.5 Å². The number of benzene rings is 1. The molecule has 0 radical (unpaired) electrons. The molecule has 10 nitrogen and oxygen atoms in total. The number of methoxy groups -OCH3 is 2. The van der Waals surface area contributed by atoms with Crippen molar-refractivity contribution in [2.75, 3.05) is 27.1 Å². The summed E-state index contributed by atoms with van der Waals surface area (Å²) in [5.74, 6) is 0.243. The Bertz CT molecular complexity index is 1290. The van der Waals surface area contributed by atoms with Crippen molar-refractivity contribution in [2.24, 2.45) is 0 Å². The van der Waals surface area contributed by atoms with Crippen molar-refractivity contribution in [1.29, 1.82) is 0 Å². The topological polar surface area (TPSA) is 144 Å².